The Labute approximate surface area is 145 Å². The Morgan fingerprint density at radius 1 is 1.25 bits per heavy atom. The molecule has 0 aromatic carbocycles. The Balaban J connectivity index is 1.54. The molecule has 0 amide bonds. The van der Waals surface area contributed by atoms with E-state index >= 15 is 0 Å². The highest BCUT2D eigenvalue weighted by Crippen LogP contribution is 2.25. The van der Waals surface area contributed by atoms with Crippen LogP contribution in [-0.4, -0.2) is 28.0 Å². The lowest BCUT2D eigenvalue weighted by Crippen LogP contribution is -2.08. The average Bonchev–Trinajstić information content (AvgIpc) is 2.99. The number of rotatable bonds is 6. The Bertz CT molecular complexity index is 808. The number of aryl methyl sites for hydroxylation is 1. The molecule has 3 rings (SSSR count). The summed E-state index contributed by atoms with van der Waals surface area (Å²) in [6.07, 6.45) is 7.96. The molecule has 124 valence electrons. The molecule has 24 heavy (non-hydrogen) atoms. The van der Waals surface area contributed by atoms with Crippen LogP contribution in [0.15, 0.2) is 65.7 Å². The third kappa shape index (κ3) is 3.86. The number of ether oxygens (including phenoxy) is 2. The normalized spacial score (nSPS) is 14.2. The van der Waals surface area contributed by atoms with Gasteiger partial charge in [0, 0.05) is 25.5 Å². The van der Waals surface area contributed by atoms with Crippen LogP contribution in [0.5, 0.6) is 5.75 Å². The van der Waals surface area contributed by atoms with Crippen LogP contribution in [0.25, 0.3) is 11.4 Å². The van der Waals surface area contributed by atoms with Crippen molar-refractivity contribution in [2.45, 2.75) is 6.42 Å². The molecule has 5 nitrogen and oxygen atoms in total. The summed E-state index contributed by atoms with van der Waals surface area (Å²) in [6.45, 7) is 4.70. The second-order valence-corrected chi connectivity index (χ2v) is 5.74. The first-order chi connectivity index (χ1) is 11.6. The lowest BCUT2D eigenvalue weighted by molar-refractivity contribution is 0.162. The van der Waals surface area contributed by atoms with E-state index in [1.807, 2.05) is 37.4 Å². The van der Waals surface area contributed by atoms with E-state index in [2.05, 4.69) is 16.7 Å². The standard InChI is InChI=1S/C18H18ClN3O2/c1-13-3-4-18(15(19)11-13)24-10-9-23-14-5-7-20-16(12-14)17-6-8-21-22(17)2/h4-8,11-12H,1,3,9-10H2,2H3. The summed E-state index contributed by atoms with van der Waals surface area (Å²) in [5.74, 6) is 1.41. The van der Waals surface area contributed by atoms with Gasteiger partial charge in [-0.3, -0.25) is 9.67 Å². The fourth-order valence-electron chi connectivity index (χ4n) is 2.34. The van der Waals surface area contributed by atoms with Crippen molar-refractivity contribution in [3.63, 3.8) is 0 Å². The van der Waals surface area contributed by atoms with Crippen molar-refractivity contribution in [2.75, 3.05) is 13.2 Å². The van der Waals surface area contributed by atoms with Gasteiger partial charge in [0.1, 0.15) is 24.7 Å². The van der Waals surface area contributed by atoms with Gasteiger partial charge in [-0.05, 0) is 36.3 Å². The lowest BCUT2D eigenvalue weighted by atomic mass is 10.1. The van der Waals surface area contributed by atoms with Crippen LogP contribution < -0.4 is 4.74 Å². The number of nitrogens with zero attached hydrogens (tertiary/aromatic N) is 3. The maximum Gasteiger partial charge on any atom is 0.134 e. The van der Waals surface area contributed by atoms with Crippen molar-refractivity contribution in [3.05, 3.63) is 65.7 Å². The number of hydrogen-bond acceptors (Lipinski definition) is 4. The Morgan fingerprint density at radius 2 is 2.08 bits per heavy atom. The molecule has 6 heteroatoms. The van der Waals surface area contributed by atoms with Gasteiger partial charge in [0.15, 0.2) is 0 Å². The highest BCUT2D eigenvalue weighted by atomic mass is 35.5. The summed E-state index contributed by atoms with van der Waals surface area (Å²) in [5.41, 5.74) is 2.72. The molecule has 0 N–H and O–H groups in total. The summed E-state index contributed by atoms with van der Waals surface area (Å²) >= 11 is 6.12. The maximum atomic E-state index is 6.12. The molecule has 2 aromatic rings. The molecule has 2 heterocycles. The molecule has 0 aliphatic heterocycles. The van der Waals surface area contributed by atoms with Gasteiger partial charge >= 0.3 is 0 Å². The number of allylic oxidation sites excluding steroid dienone is 4. The van der Waals surface area contributed by atoms with Crippen molar-refractivity contribution in [3.8, 4) is 17.1 Å². The molecule has 2 aromatic heterocycles. The minimum absolute atomic E-state index is 0.408. The summed E-state index contributed by atoms with van der Waals surface area (Å²) in [4.78, 5) is 4.35. The summed E-state index contributed by atoms with van der Waals surface area (Å²) in [5, 5.41) is 4.73. The highest BCUT2D eigenvalue weighted by molar-refractivity contribution is 6.32. The van der Waals surface area contributed by atoms with Gasteiger partial charge in [0.2, 0.25) is 0 Å². The second-order valence-electron chi connectivity index (χ2n) is 5.34. The minimum atomic E-state index is 0.408. The Morgan fingerprint density at radius 3 is 2.83 bits per heavy atom. The predicted molar refractivity (Wildman–Crippen MR) is 93.7 cm³/mol. The maximum absolute atomic E-state index is 6.12. The SMILES string of the molecule is C=C1C=C(Cl)C(OCCOc2ccnc(-c3ccnn3C)c2)=CC1. The topological polar surface area (TPSA) is 49.2 Å². The van der Waals surface area contributed by atoms with Crippen LogP contribution in [0.1, 0.15) is 6.42 Å². The van der Waals surface area contributed by atoms with Gasteiger partial charge in [0.25, 0.3) is 0 Å². The van der Waals surface area contributed by atoms with E-state index in [1.54, 1.807) is 17.1 Å². The molecular weight excluding hydrogens is 326 g/mol. The number of aromatic nitrogens is 3. The average molecular weight is 344 g/mol. The fourth-order valence-corrected chi connectivity index (χ4v) is 2.62. The monoisotopic (exact) mass is 343 g/mol. The molecule has 0 saturated heterocycles. The molecule has 1 aliphatic carbocycles. The largest absolute Gasteiger partial charge is 0.490 e. The third-order valence-electron chi connectivity index (χ3n) is 3.54. The third-order valence-corrected chi connectivity index (χ3v) is 3.84. The zero-order valence-corrected chi connectivity index (χ0v) is 14.2. The van der Waals surface area contributed by atoms with Crippen molar-refractivity contribution in [2.24, 2.45) is 7.05 Å². The molecule has 1 aliphatic rings. The van der Waals surface area contributed by atoms with E-state index in [0.29, 0.717) is 24.0 Å². The molecule has 0 saturated carbocycles. The van der Waals surface area contributed by atoms with Gasteiger partial charge < -0.3 is 9.47 Å². The quantitative estimate of drug-likeness (QED) is 0.748. The first-order valence-corrected chi connectivity index (χ1v) is 7.97. The van der Waals surface area contributed by atoms with Gasteiger partial charge in [-0.2, -0.15) is 5.10 Å². The van der Waals surface area contributed by atoms with E-state index in [-0.39, 0.29) is 0 Å². The summed E-state index contributed by atoms with van der Waals surface area (Å²) < 4.78 is 13.2. The lowest BCUT2D eigenvalue weighted by Gasteiger charge is -2.14. The Kier molecular flexibility index (Phi) is 5.01. The minimum Gasteiger partial charge on any atom is -0.490 e. The summed E-state index contributed by atoms with van der Waals surface area (Å²) in [6, 6.07) is 5.61. The van der Waals surface area contributed by atoms with E-state index in [4.69, 9.17) is 21.1 Å². The second kappa shape index (κ2) is 7.36. The van der Waals surface area contributed by atoms with Gasteiger partial charge in [-0.15, -0.1) is 0 Å². The smallest absolute Gasteiger partial charge is 0.134 e. The number of hydrogen-bond donors (Lipinski definition) is 0. The number of halogens is 1. The van der Waals surface area contributed by atoms with Gasteiger partial charge in [0.05, 0.1) is 16.4 Å². The van der Waals surface area contributed by atoms with Gasteiger partial charge in [-0.25, -0.2) is 0 Å². The van der Waals surface area contributed by atoms with Gasteiger partial charge in [-0.1, -0.05) is 18.2 Å². The predicted octanol–water partition coefficient (Wildman–Crippen LogP) is 3.84. The van der Waals surface area contributed by atoms with E-state index in [9.17, 15) is 0 Å². The van der Waals surface area contributed by atoms with Crippen LogP contribution in [0, 0.1) is 0 Å². The van der Waals surface area contributed by atoms with Crippen molar-refractivity contribution < 1.29 is 9.47 Å². The van der Waals surface area contributed by atoms with Crippen molar-refractivity contribution in [1.29, 1.82) is 0 Å². The van der Waals surface area contributed by atoms with E-state index in [1.165, 1.54) is 0 Å². The first kappa shape index (κ1) is 16.3. The van der Waals surface area contributed by atoms with Crippen LogP contribution in [0.2, 0.25) is 0 Å². The van der Waals surface area contributed by atoms with Crippen LogP contribution >= 0.6 is 11.6 Å². The van der Waals surface area contributed by atoms with E-state index in [0.717, 1.165) is 29.1 Å². The zero-order chi connectivity index (χ0) is 16.9. The Hall–Kier alpha value is -2.53. The molecule has 0 unspecified atom stereocenters. The summed E-state index contributed by atoms with van der Waals surface area (Å²) in [7, 11) is 1.88. The fraction of sp³-hybridized carbons (Fsp3) is 0.222. The molecule has 0 spiro atoms. The van der Waals surface area contributed by atoms with Crippen molar-refractivity contribution >= 4 is 11.6 Å². The van der Waals surface area contributed by atoms with Crippen LogP contribution in [-0.2, 0) is 11.8 Å². The van der Waals surface area contributed by atoms with Crippen molar-refractivity contribution in [1.82, 2.24) is 14.8 Å². The van der Waals surface area contributed by atoms with Crippen LogP contribution in [0.4, 0.5) is 0 Å². The number of pyridine rings is 1. The molecular formula is C18H18ClN3O2. The molecule has 0 fully saturated rings. The highest BCUT2D eigenvalue weighted by Gasteiger charge is 2.10. The zero-order valence-electron chi connectivity index (χ0n) is 13.4. The van der Waals surface area contributed by atoms with E-state index < -0.39 is 0 Å². The molecule has 0 atom stereocenters. The molecule has 0 bridgehead atoms. The van der Waals surface area contributed by atoms with Crippen LogP contribution in [0.3, 0.4) is 0 Å². The molecule has 0 radical (unpaired) electrons. The first-order valence-electron chi connectivity index (χ1n) is 7.59.